The zero-order chi connectivity index (χ0) is 21.7. The lowest BCUT2D eigenvalue weighted by molar-refractivity contribution is -0.0492. The van der Waals surface area contributed by atoms with Gasteiger partial charge in [0.15, 0.2) is 0 Å². The van der Waals surface area contributed by atoms with Gasteiger partial charge in [-0.1, -0.05) is 6.07 Å². The van der Waals surface area contributed by atoms with Crippen molar-refractivity contribution in [3.63, 3.8) is 0 Å². The van der Waals surface area contributed by atoms with E-state index in [4.69, 9.17) is 10.7 Å². The van der Waals surface area contributed by atoms with Crippen LogP contribution >= 0.6 is 0 Å². The van der Waals surface area contributed by atoms with Gasteiger partial charge in [0.2, 0.25) is 5.92 Å². The molecule has 5 nitrogen and oxygen atoms in total. The molecular formula is C22H32F2N4OS. The number of nitrogens with two attached hydrogens (primary N) is 1. The van der Waals surface area contributed by atoms with E-state index in [0.29, 0.717) is 24.6 Å². The lowest BCUT2D eigenvalue weighted by Gasteiger charge is -2.35. The molecule has 2 aliphatic carbocycles. The Kier molecular flexibility index (Phi) is 5.89. The van der Waals surface area contributed by atoms with E-state index in [-0.39, 0.29) is 30.8 Å². The molecule has 0 spiro atoms. The van der Waals surface area contributed by atoms with Crippen LogP contribution in [0.4, 0.5) is 8.78 Å². The number of aromatic amines is 1. The Labute approximate surface area is 179 Å². The first kappa shape index (κ1) is 22.0. The molecule has 1 heterocycles. The van der Waals surface area contributed by atoms with Crippen LogP contribution < -0.4 is 10.5 Å². The Bertz CT molecular complexity index is 883. The Hall–Kier alpha value is -1.22. The molecule has 0 amide bonds. The van der Waals surface area contributed by atoms with Crippen LogP contribution in [-0.2, 0) is 11.4 Å². The van der Waals surface area contributed by atoms with Gasteiger partial charge in [-0.05, 0) is 76.0 Å². The van der Waals surface area contributed by atoms with Crippen molar-refractivity contribution >= 4 is 22.4 Å². The predicted octanol–water partition coefficient (Wildman–Crippen LogP) is 4.89. The molecule has 8 heteroatoms. The van der Waals surface area contributed by atoms with Gasteiger partial charge in [-0.2, -0.15) is 0 Å². The number of hydrogen-bond acceptors (Lipinski definition) is 4. The maximum absolute atomic E-state index is 13.7. The third-order valence-corrected chi connectivity index (χ3v) is 7.94. The number of alkyl halides is 2. The first-order valence-electron chi connectivity index (χ1n) is 10.8. The van der Waals surface area contributed by atoms with Crippen molar-refractivity contribution < 1.29 is 13.3 Å². The fraction of sp³-hybridized carbons (Fsp3) is 0.682. The second-order valence-corrected chi connectivity index (χ2v) is 11.9. The van der Waals surface area contributed by atoms with E-state index in [9.17, 15) is 13.3 Å². The van der Waals surface area contributed by atoms with Gasteiger partial charge in [-0.15, -0.1) is 4.72 Å². The Morgan fingerprint density at radius 3 is 2.47 bits per heavy atom. The monoisotopic (exact) mass is 438 g/mol. The van der Waals surface area contributed by atoms with Gasteiger partial charge in [0, 0.05) is 30.2 Å². The Balaban J connectivity index is 1.62. The number of H-pyrrole nitrogens is 1. The van der Waals surface area contributed by atoms with Gasteiger partial charge >= 0.3 is 0 Å². The predicted molar refractivity (Wildman–Crippen MR) is 116 cm³/mol. The van der Waals surface area contributed by atoms with Crippen molar-refractivity contribution in [2.24, 2.45) is 17.6 Å². The highest BCUT2D eigenvalue weighted by Crippen LogP contribution is 2.42. The number of rotatable bonds is 6. The molecule has 0 aliphatic heterocycles. The number of nitrogens with one attached hydrogen (secondary N) is 2. The summed E-state index contributed by atoms with van der Waals surface area (Å²) < 4.78 is 43.1. The van der Waals surface area contributed by atoms with Crippen LogP contribution in [0.15, 0.2) is 18.2 Å². The molecule has 2 unspecified atom stereocenters. The van der Waals surface area contributed by atoms with Crippen LogP contribution in [0.1, 0.15) is 82.8 Å². The average Bonchev–Trinajstić information content (AvgIpc) is 3.43. The van der Waals surface area contributed by atoms with Crippen LogP contribution in [0.3, 0.4) is 0 Å². The van der Waals surface area contributed by atoms with Gasteiger partial charge in [0.1, 0.15) is 16.6 Å². The fourth-order valence-electron chi connectivity index (χ4n) is 4.19. The zero-order valence-corrected chi connectivity index (χ0v) is 18.7. The molecule has 4 rings (SSSR count). The minimum Gasteiger partial charge on any atom is -0.598 e. The highest BCUT2D eigenvalue weighted by molar-refractivity contribution is 7.90. The fourth-order valence-corrected chi connectivity index (χ4v) is 5.08. The summed E-state index contributed by atoms with van der Waals surface area (Å²) in [5, 5.41) is 0. The summed E-state index contributed by atoms with van der Waals surface area (Å²) in [5.41, 5.74) is 9.13. The molecule has 2 aromatic rings. The van der Waals surface area contributed by atoms with E-state index in [0.717, 1.165) is 16.6 Å². The number of imidazole rings is 1. The van der Waals surface area contributed by atoms with Gasteiger partial charge in [0.25, 0.3) is 0 Å². The maximum atomic E-state index is 13.7. The van der Waals surface area contributed by atoms with Crippen molar-refractivity contribution in [2.45, 2.75) is 82.0 Å². The molecule has 4 N–H and O–H groups in total. The molecule has 1 aromatic heterocycles. The molecule has 3 atom stereocenters. The minimum absolute atomic E-state index is 0.0315. The highest BCUT2D eigenvalue weighted by Gasteiger charge is 2.41. The van der Waals surface area contributed by atoms with E-state index in [1.165, 1.54) is 12.8 Å². The van der Waals surface area contributed by atoms with Crippen molar-refractivity contribution in [1.29, 1.82) is 0 Å². The maximum Gasteiger partial charge on any atom is 0.248 e. The SMILES string of the molecule is CC(C)(C)[S+]([O-])N[C@H](c1nc2ccc(C(N)C3CC3)cc2[nH]1)C1CCC(F)(F)CC1. The summed E-state index contributed by atoms with van der Waals surface area (Å²) in [6.45, 7) is 5.69. The Morgan fingerprint density at radius 1 is 1.20 bits per heavy atom. The number of aromatic nitrogens is 2. The van der Waals surface area contributed by atoms with E-state index in [1.807, 2.05) is 39.0 Å². The number of benzene rings is 1. The molecule has 0 radical (unpaired) electrons. The summed E-state index contributed by atoms with van der Waals surface area (Å²) in [4.78, 5) is 8.11. The van der Waals surface area contributed by atoms with Gasteiger partial charge in [-0.25, -0.2) is 13.8 Å². The summed E-state index contributed by atoms with van der Waals surface area (Å²) in [6.07, 6.45) is 2.81. The quantitative estimate of drug-likeness (QED) is 0.560. The molecule has 0 bridgehead atoms. The molecule has 2 saturated carbocycles. The van der Waals surface area contributed by atoms with E-state index >= 15 is 0 Å². The molecule has 2 fully saturated rings. The minimum atomic E-state index is -2.61. The molecule has 1 aromatic carbocycles. The average molecular weight is 439 g/mol. The van der Waals surface area contributed by atoms with Crippen LogP contribution in [0.5, 0.6) is 0 Å². The van der Waals surface area contributed by atoms with E-state index in [1.54, 1.807) is 0 Å². The number of nitrogens with zero attached hydrogens (tertiary/aromatic N) is 1. The van der Waals surface area contributed by atoms with Crippen LogP contribution in [0.25, 0.3) is 11.0 Å². The van der Waals surface area contributed by atoms with E-state index < -0.39 is 22.0 Å². The first-order chi connectivity index (χ1) is 14.0. The van der Waals surface area contributed by atoms with Crippen molar-refractivity contribution in [3.8, 4) is 0 Å². The number of fused-ring (bicyclic) bond motifs is 1. The second kappa shape index (κ2) is 8.04. The third kappa shape index (κ3) is 4.82. The lowest BCUT2D eigenvalue weighted by Crippen LogP contribution is -2.44. The van der Waals surface area contributed by atoms with Crippen LogP contribution in [-0.4, -0.2) is 25.2 Å². The smallest absolute Gasteiger partial charge is 0.248 e. The van der Waals surface area contributed by atoms with Gasteiger partial charge in [-0.3, -0.25) is 0 Å². The number of halogens is 2. The highest BCUT2D eigenvalue weighted by atomic mass is 32.2. The first-order valence-corrected chi connectivity index (χ1v) is 12.0. The van der Waals surface area contributed by atoms with Gasteiger partial charge in [0.05, 0.1) is 11.0 Å². The molecular weight excluding hydrogens is 406 g/mol. The zero-order valence-electron chi connectivity index (χ0n) is 17.9. The summed E-state index contributed by atoms with van der Waals surface area (Å²) in [5.74, 6) is -1.44. The van der Waals surface area contributed by atoms with Crippen molar-refractivity contribution in [1.82, 2.24) is 14.7 Å². The topological polar surface area (TPSA) is 89.8 Å². The Morgan fingerprint density at radius 2 is 1.87 bits per heavy atom. The van der Waals surface area contributed by atoms with Gasteiger partial charge < -0.3 is 15.3 Å². The standard InChI is InChI=1S/C22H32F2N4OS/c1-21(2,3)30(29)28-19(14-8-10-22(23,24)11-9-14)20-26-16-7-6-15(12-17(16)27-20)18(25)13-4-5-13/h6-7,12-14,18-19,28H,4-5,8-11,25H2,1-3H3,(H,26,27)/t18?,19-,30?/m0/s1. The van der Waals surface area contributed by atoms with Crippen molar-refractivity contribution in [3.05, 3.63) is 29.6 Å². The largest absolute Gasteiger partial charge is 0.598 e. The number of hydrogen-bond donors (Lipinski definition) is 3. The third-order valence-electron chi connectivity index (χ3n) is 6.36. The second-order valence-electron chi connectivity index (χ2n) is 9.93. The van der Waals surface area contributed by atoms with Crippen molar-refractivity contribution in [2.75, 3.05) is 0 Å². The molecule has 166 valence electrons. The lowest BCUT2D eigenvalue weighted by atomic mass is 9.82. The summed E-state index contributed by atoms with van der Waals surface area (Å²) >= 11 is -1.34. The summed E-state index contributed by atoms with van der Waals surface area (Å²) in [6, 6.07) is 5.69. The molecule has 2 aliphatic rings. The van der Waals surface area contributed by atoms with E-state index in [2.05, 4.69) is 9.71 Å². The molecule has 30 heavy (non-hydrogen) atoms. The van der Waals surface area contributed by atoms with Crippen LogP contribution in [0, 0.1) is 11.8 Å². The summed E-state index contributed by atoms with van der Waals surface area (Å²) in [7, 11) is 0. The molecule has 0 saturated heterocycles. The van der Waals surface area contributed by atoms with Crippen LogP contribution in [0.2, 0.25) is 0 Å². The normalized spacial score (nSPS) is 23.4.